The van der Waals surface area contributed by atoms with Crippen LogP contribution in [0.25, 0.3) is 0 Å². The molecule has 1 aliphatic rings. The molecule has 0 aliphatic carbocycles. The molecule has 1 fully saturated rings. The molecule has 0 saturated carbocycles. The van der Waals surface area contributed by atoms with Gasteiger partial charge in [-0.2, -0.15) is 0 Å². The Morgan fingerprint density at radius 1 is 1.53 bits per heavy atom. The maximum atomic E-state index is 11.8. The van der Waals surface area contributed by atoms with E-state index in [0.717, 1.165) is 15.6 Å². The van der Waals surface area contributed by atoms with E-state index < -0.39 is 26.6 Å². The summed E-state index contributed by atoms with van der Waals surface area (Å²) in [6, 6.07) is 0. The van der Waals surface area contributed by atoms with Crippen LogP contribution in [0.5, 0.6) is 0 Å². The molecule has 0 aromatic carbocycles. The van der Waals surface area contributed by atoms with Gasteiger partial charge in [0.25, 0.3) is 15.9 Å². The number of sulfonamides is 1. The van der Waals surface area contributed by atoms with Crippen molar-refractivity contribution >= 4 is 33.2 Å². The molecular weight excluding hydrogens is 292 g/mol. The molecule has 7 nitrogen and oxygen atoms in total. The van der Waals surface area contributed by atoms with E-state index in [4.69, 9.17) is 5.11 Å². The van der Waals surface area contributed by atoms with Gasteiger partial charge < -0.3 is 5.11 Å². The van der Waals surface area contributed by atoms with Crippen molar-refractivity contribution < 1.29 is 23.1 Å². The van der Waals surface area contributed by atoms with Crippen LogP contribution in [0.2, 0.25) is 0 Å². The Kier molecular flexibility index (Phi) is 3.13. The lowest BCUT2D eigenvalue weighted by molar-refractivity contribution is -0.132. The summed E-state index contributed by atoms with van der Waals surface area (Å²) in [6.07, 6.45) is 0.221. The Balaban J connectivity index is 2.04. The smallest absolute Gasteiger partial charge is 0.355 e. The van der Waals surface area contributed by atoms with Crippen molar-refractivity contribution in [2.24, 2.45) is 0 Å². The fourth-order valence-electron chi connectivity index (χ4n) is 1.70. The summed E-state index contributed by atoms with van der Waals surface area (Å²) in [5.74, 6) is -1.57. The Hall–Kier alpha value is -1.48. The molecule has 1 aromatic heterocycles. The molecule has 0 bridgehead atoms. The SMILES string of the molecule is CC1(C)C(=O)N(CCc2nc(C(=O)O)cs2)S1(=O)=O. The lowest BCUT2D eigenvalue weighted by atomic mass is 10.2. The van der Waals surface area contributed by atoms with E-state index in [-0.39, 0.29) is 18.7 Å². The number of aromatic carboxylic acids is 1. The van der Waals surface area contributed by atoms with Crippen LogP contribution in [0.1, 0.15) is 29.3 Å². The van der Waals surface area contributed by atoms with Crippen LogP contribution >= 0.6 is 11.3 Å². The summed E-state index contributed by atoms with van der Waals surface area (Å²) < 4.78 is 23.1. The third kappa shape index (κ3) is 2.02. The summed E-state index contributed by atoms with van der Waals surface area (Å²) in [5.41, 5.74) is -0.0712. The topological polar surface area (TPSA) is 105 Å². The summed E-state index contributed by atoms with van der Waals surface area (Å²) in [4.78, 5) is 26.1. The lowest BCUT2D eigenvalue weighted by Gasteiger charge is -2.42. The van der Waals surface area contributed by atoms with Crippen molar-refractivity contribution in [2.45, 2.75) is 25.0 Å². The predicted octanol–water partition coefficient (Wildman–Crippen LogP) is 0.334. The average Bonchev–Trinajstić information content (AvgIpc) is 2.77. The molecular formula is C10H12N2O5S2. The number of hydrogen-bond acceptors (Lipinski definition) is 6. The number of carboxylic acid groups (broad SMARTS) is 1. The van der Waals surface area contributed by atoms with Crippen LogP contribution in [0.4, 0.5) is 0 Å². The molecule has 1 amide bonds. The van der Waals surface area contributed by atoms with Crippen LogP contribution in [-0.2, 0) is 21.2 Å². The number of thiazole rings is 1. The highest BCUT2D eigenvalue weighted by molar-refractivity contribution is 7.94. The van der Waals surface area contributed by atoms with Crippen molar-refractivity contribution in [1.82, 2.24) is 9.29 Å². The van der Waals surface area contributed by atoms with Gasteiger partial charge in [0.2, 0.25) is 0 Å². The van der Waals surface area contributed by atoms with Gasteiger partial charge in [-0.1, -0.05) is 0 Å². The summed E-state index contributed by atoms with van der Waals surface area (Å²) in [7, 11) is -3.59. The maximum Gasteiger partial charge on any atom is 0.355 e. The van der Waals surface area contributed by atoms with Crippen LogP contribution in [0.3, 0.4) is 0 Å². The van der Waals surface area contributed by atoms with Crippen LogP contribution in [-0.4, -0.2) is 46.0 Å². The second-order valence-electron chi connectivity index (χ2n) is 4.57. The average molecular weight is 304 g/mol. The minimum absolute atomic E-state index is 0.00281. The maximum absolute atomic E-state index is 11.8. The van der Waals surface area contributed by atoms with Crippen LogP contribution in [0, 0.1) is 0 Å². The summed E-state index contributed by atoms with van der Waals surface area (Å²) in [6.45, 7) is 2.73. The normalized spacial score (nSPS) is 20.1. The highest BCUT2D eigenvalue weighted by atomic mass is 32.2. The molecule has 2 heterocycles. The summed E-state index contributed by atoms with van der Waals surface area (Å²) in [5, 5.41) is 10.6. The largest absolute Gasteiger partial charge is 0.476 e. The third-order valence-electron chi connectivity index (χ3n) is 2.98. The second-order valence-corrected chi connectivity index (χ2v) is 7.93. The molecule has 9 heteroatoms. The zero-order valence-corrected chi connectivity index (χ0v) is 11.9. The molecule has 0 unspecified atom stereocenters. The van der Waals surface area contributed by atoms with E-state index >= 15 is 0 Å². The number of carbonyl (C=O) groups excluding carboxylic acids is 1. The van der Waals surface area contributed by atoms with Gasteiger partial charge in [-0.15, -0.1) is 11.3 Å². The minimum atomic E-state index is -3.59. The minimum Gasteiger partial charge on any atom is -0.476 e. The number of carboxylic acids is 1. The van der Waals surface area contributed by atoms with Crippen molar-refractivity contribution in [1.29, 1.82) is 0 Å². The van der Waals surface area contributed by atoms with E-state index in [9.17, 15) is 18.0 Å². The van der Waals surface area contributed by atoms with Gasteiger partial charge in [-0.05, 0) is 13.8 Å². The van der Waals surface area contributed by atoms with Crippen molar-refractivity contribution in [2.75, 3.05) is 6.54 Å². The third-order valence-corrected chi connectivity index (χ3v) is 6.28. The standard InChI is InChI=1S/C10H12N2O5S2/c1-10(2)9(15)12(19(10,16)17)4-3-7-11-6(5-18-7)8(13)14/h5H,3-4H2,1-2H3,(H,13,14). The molecule has 1 aliphatic heterocycles. The van der Waals surface area contributed by atoms with E-state index in [1.807, 2.05) is 0 Å². The number of rotatable bonds is 4. The molecule has 1 N–H and O–H groups in total. The van der Waals surface area contributed by atoms with Crippen LogP contribution < -0.4 is 0 Å². The van der Waals surface area contributed by atoms with E-state index in [2.05, 4.69) is 4.98 Å². The van der Waals surface area contributed by atoms with Gasteiger partial charge in [0.15, 0.2) is 10.4 Å². The molecule has 104 valence electrons. The zero-order valence-electron chi connectivity index (χ0n) is 10.3. The van der Waals surface area contributed by atoms with Gasteiger partial charge in [-0.3, -0.25) is 4.79 Å². The number of nitrogens with zero attached hydrogens (tertiary/aromatic N) is 2. The number of aromatic nitrogens is 1. The molecule has 0 spiro atoms. The fourth-order valence-corrected chi connectivity index (χ4v) is 3.99. The van der Waals surface area contributed by atoms with Crippen LogP contribution in [0.15, 0.2) is 5.38 Å². The van der Waals surface area contributed by atoms with Gasteiger partial charge in [0.1, 0.15) is 0 Å². The fraction of sp³-hybridized carbons (Fsp3) is 0.500. The Bertz CT molecular complexity index is 647. The Morgan fingerprint density at radius 3 is 2.63 bits per heavy atom. The first-order chi connectivity index (χ1) is 8.68. The molecule has 1 saturated heterocycles. The highest BCUT2D eigenvalue weighted by Crippen LogP contribution is 2.34. The predicted molar refractivity (Wildman–Crippen MR) is 67.5 cm³/mol. The van der Waals surface area contributed by atoms with Gasteiger partial charge in [0, 0.05) is 18.3 Å². The zero-order chi connectivity index (χ0) is 14.4. The van der Waals surface area contributed by atoms with Crippen molar-refractivity contribution in [3.8, 4) is 0 Å². The summed E-state index contributed by atoms with van der Waals surface area (Å²) >= 11 is 1.13. The highest BCUT2D eigenvalue weighted by Gasteiger charge is 2.59. The second kappa shape index (κ2) is 4.27. The van der Waals surface area contributed by atoms with Gasteiger partial charge in [0.05, 0.1) is 5.01 Å². The van der Waals surface area contributed by atoms with Gasteiger partial charge in [-0.25, -0.2) is 22.5 Å². The number of carbonyl (C=O) groups is 2. The van der Waals surface area contributed by atoms with Crippen molar-refractivity contribution in [3.05, 3.63) is 16.1 Å². The number of hydrogen-bond donors (Lipinski definition) is 1. The molecule has 19 heavy (non-hydrogen) atoms. The molecule has 2 rings (SSSR count). The van der Waals surface area contributed by atoms with Gasteiger partial charge >= 0.3 is 5.97 Å². The van der Waals surface area contributed by atoms with E-state index in [1.165, 1.54) is 19.2 Å². The molecule has 1 aromatic rings. The monoisotopic (exact) mass is 304 g/mol. The quantitative estimate of drug-likeness (QED) is 0.859. The number of amides is 1. The van der Waals surface area contributed by atoms with E-state index in [0.29, 0.717) is 5.01 Å². The van der Waals surface area contributed by atoms with Crippen molar-refractivity contribution in [3.63, 3.8) is 0 Å². The Morgan fingerprint density at radius 2 is 2.16 bits per heavy atom. The first-order valence-corrected chi connectivity index (χ1v) is 7.74. The lowest BCUT2D eigenvalue weighted by Crippen LogP contribution is -2.67. The molecule has 0 atom stereocenters. The molecule has 0 radical (unpaired) electrons. The first kappa shape index (κ1) is 13.9. The first-order valence-electron chi connectivity index (χ1n) is 5.42. The van der Waals surface area contributed by atoms with E-state index in [1.54, 1.807) is 0 Å². The Labute approximate surface area is 113 Å².